The largest absolute Gasteiger partial charge is 0.493 e. The van der Waals surface area contributed by atoms with Gasteiger partial charge < -0.3 is 10.5 Å². The van der Waals surface area contributed by atoms with Crippen LogP contribution in [0.4, 0.5) is 17.6 Å². The van der Waals surface area contributed by atoms with E-state index >= 15 is 0 Å². The lowest BCUT2D eigenvalue weighted by Gasteiger charge is -2.10. The molecule has 1 rings (SSSR count). The molecule has 0 saturated heterocycles. The number of halogens is 4. The molecule has 0 radical (unpaired) electrons. The maximum absolute atomic E-state index is 12.9. The Morgan fingerprint density at radius 2 is 2.00 bits per heavy atom. The number of primary amides is 1. The van der Waals surface area contributed by atoms with Gasteiger partial charge in [0.2, 0.25) is 5.91 Å². The van der Waals surface area contributed by atoms with Crippen LogP contribution in [0.25, 0.3) is 0 Å². The molecule has 0 unspecified atom stereocenters. The first-order valence-electron chi connectivity index (χ1n) is 4.58. The van der Waals surface area contributed by atoms with E-state index in [0.29, 0.717) is 12.1 Å². The number of hydrogen-bond donors (Lipinski definition) is 1. The number of rotatable bonds is 4. The van der Waals surface area contributed by atoms with E-state index in [9.17, 15) is 22.4 Å². The second-order valence-electron chi connectivity index (χ2n) is 3.20. The molecule has 17 heavy (non-hydrogen) atoms. The fourth-order valence-electron chi connectivity index (χ4n) is 1.08. The van der Waals surface area contributed by atoms with Crippen molar-refractivity contribution in [2.24, 2.45) is 5.73 Å². The summed E-state index contributed by atoms with van der Waals surface area (Å²) in [6.07, 6.45) is -4.91. The van der Waals surface area contributed by atoms with E-state index in [-0.39, 0.29) is 18.8 Å². The molecule has 3 nitrogen and oxygen atoms in total. The van der Waals surface area contributed by atoms with Crippen LogP contribution in [-0.4, -0.2) is 12.5 Å². The summed E-state index contributed by atoms with van der Waals surface area (Å²) in [5.74, 6) is -2.18. The highest BCUT2D eigenvalue weighted by atomic mass is 19.4. The molecule has 7 heteroatoms. The highest BCUT2D eigenvalue weighted by Gasteiger charge is 2.34. The molecule has 1 aromatic carbocycles. The van der Waals surface area contributed by atoms with Crippen LogP contribution in [0, 0.1) is 5.82 Å². The molecule has 0 saturated carbocycles. The van der Waals surface area contributed by atoms with Gasteiger partial charge in [0, 0.05) is 0 Å². The standard InChI is InChI=1S/C10H9F4NO2/c11-8-2-1-6(17-4-3-9(15)16)5-7(8)10(12,13)14/h1-2,5H,3-4H2,(H2,15,16). The molecule has 94 valence electrons. The fourth-order valence-corrected chi connectivity index (χ4v) is 1.08. The summed E-state index contributed by atoms with van der Waals surface area (Å²) >= 11 is 0. The van der Waals surface area contributed by atoms with E-state index in [2.05, 4.69) is 0 Å². The summed E-state index contributed by atoms with van der Waals surface area (Å²) in [4.78, 5) is 10.4. The summed E-state index contributed by atoms with van der Waals surface area (Å²) in [5.41, 5.74) is 3.41. The minimum Gasteiger partial charge on any atom is -0.493 e. The lowest BCUT2D eigenvalue weighted by atomic mass is 10.2. The predicted octanol–water partition coefficient (Wildman–Crippen LogP) is 2.10. The molecule has 2 N–H and O–H groups in total. The fraction of sp³-hybridized carbons (Fsp3) is 0.300. The van der Waals surface area contributed by atoms with Crippen LogP contribution in [0.3, 0.4) is 0 Å². The highest BCUT2D eigenvalue weighted by Crippen LogP contribution is 2.33. The quantitative estimate of drug-likeness (QED) is 0.833. The van der Waals surface area contributed by atoms with Crippen molar-refractivity contribution in [1.82, 2.24) is 0 Å². The van der Waals surface area contributed by atoms with Gasteiger partial charge in [0.25, 0.3) is 0 Å². The number of carbonyl (C=O) groups is 1. The molecule has 0 aromatic heterocycles. The van der Waals surface area contributed by atoms with Crippen molar-refractivity contribution in [2.75, 3.05) is 6.61 Å². The van der Waals surface area contributed by atoms with Gasteiger partial charge in [-0.25, -0.2) is 4.39 Å². The minimum atomic E-state index is -4.78. The first-order valence-corrected chi connectivity index (χ1v) is 4.58. The number of benzene rings is 1. The van der Waals surface area contributed by atoms with E-state index in [0.717, 1.165) is 6.07 Å². The smallest absolute Gasteiger partial charge is 0.419 e. The molecule has 0 bridgehead atoms. The van der Waals surface area contributed by atoms with Crippen LogP contribution in [0.1, 0.15) is 12.0 Å². The molecule has 0 aliphatic carbocycles. The molecular weight excluding hydrogens is 242 g/mol. The first kappa shape index (κ1) is 13.3. The zero-order chi connectivity index (χ0) is 13.1. The van der Waals surface area contributed by atoms with Gasteiger partial charge in [0.15, 0.2) is 0 Å². The Balaban J connectivity index is 2.79. The Labute approximate surface area is 94.2 Å². The number of amides is 1. The second kappa shape index (κ2) is 5.03. The van der Waals surface area contributed by atoms with Crippen molar-refractivity contribution in [3.05, 3.63) is 29.6 Å². The average molecular weight is 251 g/mol. The van der Waals surface area contributed by atoms with Gasteiger partial charge in [-0.15, -0.1) is 0 Å². The van der Waals surface area contributed by atoms with Crippen LogP contribution in [0.15, 0.2) is 18.2 Å². The Morgan fingerprint density at radius 3 is 2.53 bits per heavy atom. The second-order valence-corrected chi connectivity index (χ2v) is 3.20. The maximum Gasteiger partial charge on any atom is 0.419 e. The van der Waals surface area contributed by atoms with Crippen molar-refractivity contribution < 1.29 is 27.1 Å². The molecule has 0 fully saturated rings. The van der Waals surface area contributed by atoms with Crippen molar-refractivity contribution >= 4 is 5.91 Å². The number of hydrogen-bond acceptors (Lipinski definition) is 2. The average Bonchev–Trinajstić information content (AvgIpc) is 2.18. The molecule has 1 aromatic rings. The van der Waals surface area contributed by atoms with Gasteiger partial charge in [-0.3, -0.25) is 4.79 Å². The van der Waals surface area contributed by atoms with Gasteiger partial charge in [-0.1, -0.05) is 0 Å². The molecule has 0 aliphatic heterocycles. The Kier molecular flexibility index (Phi) is 3.93. The zero-order valence-corrected chi connectivity index (χ0v) is 8.55. The maximum atomic E-state index is 12.9. The van der Waals surface area contributed by atoms with Crippen molar-refractivity contribution in [1.29, 1.82) is 0 Å². The van der Waals surface area contributed by atoms with Crippen molar-refractivity contribution in [3.63, 3.8) is 0 Å². The van der Waals surface area contributed by atoms with E-state index in [4.69, 9.17) is 10.5 Å². The summed E-state index contributed by atoms with van der Waals surface area (Å²) in [5, 5.41) is 0. The normalized spacial score (nSPS) is 11.3. The topological polar surface area (TPSA) is 52.3 Å². The number of carbonyl (C=O) groups excluding carboxylic acids is 1. The van der Waals surface area contributed by atoms with E-state index in [1.807, 2.05) is 0 Å². The molecule has 0 atom stereocenters. The Bertz CT molecular complexity index is 417. The minimum absolute atomic E-state index is 0.126. The third kappa shape index (κ3) is 3.93. The summed E-state index contributed by atoms with van der Waals surface area (Å²) in [7, 11) is 0. The van der Waals surface area contributed by atoms with E-state index < -0.39 is 23.5 Å². The van der Waals surface area contributed by atoms with Crippen LogP contribution < -0.4 is 10.5 Å². The van der Waals surface area contributed by atoms with Gasteiger partial charge >= 0.3 is 6.18 Å². The SMILES string of the molecule is NC(=O)CCOc1ccc(F)c(C(F)(F)F)c1. The highest BCUT2D eigenvalue weighted by molar-refractivity contribution is 5.73. The molecule has 0 spiro atoms. The van der Waals surface area contributed by atoms with Crippen molar-refractivity contribution in [3.8, 4) is 5.75 Å². The van der Waals surface area contributed by atoms with Crippen LogP contribution in [0.2, 0.25) is 0 Å². The van der Waals surface area contributed by atoms with Crippen LogP contribution >= 0.6 is 0 Å². The summed E-state index contributed by atoms with van der Waals surface area (Å²) in [6.45, 7) is -0.155. The lowest BCUT2D eigenvalue weighted by molar-refractivity contribution is -0.140. The number of nitrogens with two attached hydrogens (primary N) is 1. The number of alkyl halides is 3. The molecule has 0 heterocycles. The zero-order valence-electron chi connectivity index (χ0n) is 8.55. The Morgan fingerprint density at radius 1 is 1.35 bits per heavy atom. The Hall–Kier alpha value is -1.79. The van der Waals surface area contributed by atoms with E-state index in [1.54, 1.807) is 0 Å². The molecular formula is C10H9F4NO2. The molecule has 1 amide bonds. The summed E-state index contributed by atoms with van der Waals surface area (Å²) in [6, 6.07) is 2.24. The van der Waals surface area contributed by atoms with Crippen LogP contribution in [0.5, 0.6) is 5.75 Å². The van der Waals surface area contributed by atoms with Crippen LogP contribution in [-0.2, 0) is 11.0 Å². The van der Waals surface area contributed by atoms with Crippen molar-refractivity contribution in [2.45, 2.75) is 12.6 Å². The lowest BCUT2D eigenvalue weighted by Crippen LogP contribution is -2.15. The van der Waals surface area contributed by atoms with E-state index in [1.165, 1.54) is 0 Å². The number of ether oxygens (including phenoxy) is 1. The first-order chi connectivity index (χ1) is 7.80. The van der Waals surface area contributed by atoms with Gasteiger partial charge in [0.1, 0.15) is 11.6 Å². The molecule has 0 aliphatic rings. The predicted molar refractivity (Wildman–Crippen MR) is 50.7 cm³/mol. The van der Waals surface area contributed by atoms with Gasteiger partial charge in [-0.05, 0) is 18.2 Å². The van der Waals surface area contributed by atoms with Gasteiger partial charge in [0.05, 0.1) is 18.6 Å². The van der Waals surface area contributed by atoms with Gasteiger partial charge in [-0.2, -0.15) is 13.2 Å². The monoisotopic (exact) mass is 251 g/mol. The third-order valence-electron chi connectivity index (χ3n) is 1.86. The summed E-state index contributed by atoms with van der Waals surface area (Å²) < 4.78 is 54.6. The third-order valence-corrected chi connectivity index (χ3v) is 1.86.